The maximum atomic E-state index is 13.5. The summed E-state index contributed by atoms with van der Waals surface area (Å²) in [5.74, 6) is 1.97. The number of methoxy groups -OCH3 is 2. The fraction of sp³-hybridized carbons (Fsp3) is 0.222. The molecule has 7 rings (SSSR count). The summed E-state index contributed by atoms with van der Waals surface area (Å²) in [5, 5.41) is 20.9. The molecule has 0 amide bonds. The first-order valence-corrected chi connectivity index (χ1v) is 15.0. The monoisotopic (exact) mass is 619 g/mol. The molecule has 10 heteroatoms. The van der Waals surface area contributed by atoms with Crippen LogP contribution in [0.5, 0.6) is 11.5 Å². The Kier molecular flexibility index (Phi) is 7.69. The van der Waals surface area contributed by atoms with Crippen molar-refractivity contribution < 1.29 is 28.8 Å². The van der Waals surface area contributed by atoms with Crippen molar-refractivity contribution in [1.82, 2.24) is 14.5 Å². The lowest BCUT2D eigenvalue weighted by Gasteiger charge is -2.37. The number of nitrogens with one attached hydrogen (secondary N) is 1. The fourth-order valence-corrected chi connectivity index (χ4v) is 6.62. The van der Waals surface area contributed by atoms with Crippen molar-refractivity contribution in [2.45, 2.75) is 30.3 Å². The van der Waals surface area contributed by atoms with Gasteiger partial charge >= 0.3 is 5.69 Å². The Morgan fingerprint density at radius 3 is 2.09 bits per heavy atom. The van der Waals surface area contributed by atoms with Crippen molar-refractivity contribution in [3.05, 3.63) is 136 Å². The molecule has 0 unspecified atom stereocenters. The molecular formula is C36H33N3O7. The molecule has 3 atom stereocenters. The van der Waals surface area contributed by atoms with Crippen LogP contribution in [0.2, 0.25) is 0 Å². The van der Waals surface area contributed by atoms with Crippen molar-refractivity contribution in [2.75, 3.05) is 20.8 Å². The SMILES string of the molecule is COc1ccc(C(c2ccccc2)(c2ccc(OC)cc2)c2c(-c3ccco3)[nH]c3nc(=O)n([C@H]4C[C@H](O)[C@@H](CO)O4)cc23)cc1. The van der Waals surface area contributed by atoms with Gasteiger partial charge < -0.3 is 33.8 Å². The highest BCUT2D eigenvalue weighted by Gasteiger charge is 2.44. The summed E-state index contributed by atoms with van der Waals surface area (Å²) in [6.45, 7) is -0.369. The number of aliphatic hydroxyl groups excluding tert-OH is 2. The van der Waals surface area contributed by atoms with Gasteiger partial charge in [-0.3, -0.25) is 4.57 Å². The standard InChI is InChI=1S/C36H33N3O7/c1-43-25-14-10-23(11-15-25)36(22-7-4-3-5-8-22,24-12-16-26(44-2)17-13-24)32-27-20-39(31-19-28(41)30(21-40)46-31)35(42)38-34(27)37-33(32)29-9-6-18-45-29/h3-18,20,28,30-31,40-41H,19,21H2,1-2H3,(H,37,38,42)/t28-,30+,31+/m0/s1. The zero-order valence-electron chi connectivity index (χ0n) is 25.3. The van der Waals surface area contributed by atoms with Crippen LogP contribution in [0.3, 0.4) is 0 Å². The number of ether oxygens (including phenoxy) is 3. The molecule has 0 aliphatic carbocycles. The van der Waals surface area contributed by atoms with Gasteiger partial charge in [0.1, 0.15) is 35.2 Å². The largest absolute Gasteiger partial charge is 0.497 e. The van der Waals surface area contributed by atoms with Crippen LogP contribution in [0.15, 0.2) is 113 Å². The first-order valence-electron chi connectivity index (χ1n) is 15.0. The third kappa shape index (κ3) is 4.78. The summed E-state index contributed by atoms with van der Waals surface area (Å²) in [7, 11) is 3.26. The van der Waals surface area contributed by atoms with Crippen LogP contribution in [-0.2, 0) is 10.2 Å². The van der Waals surface area contributed by atoms with Crippen LogP contribution < -0.4 is 15.2 Å². The van der Waals surface area contributed by atoms with Crippen molar-refractivity contribution in [2.24, 2.45) is 0 Å². The van der Waals surface area contributed by atoms with E-state index in [0.717, 1.165) is 22.3 Å². The quantitative estimate of drug-likeness (QED) is 0.192. The molecule has 4 heterocycles. The summed E-state index contributed by atoms with van der Waals surface area (Å²) in [4.78, 5) is 21.4. The molecule has 1 fully saturated rings. The number of aromatic amines is 1. The number of fused-ring (bicyclic) bond motifs is 1. The number of benzene rings is 3. The molecule has 46 heavy (non-hydrogen) atoms. The van der Waals surface area contributed by atoms with E-state index in [1.807, 2.05) is 78.9 Å². The van der Waals surface area contributed by atoms with Crippen LogP contribution in [0.4, 0.5) is 0 Å². The molecule has 1 aliphatic heterocycles. The van der Waals surface area contributed by atoms with Gasteiger partial charge in [-0.25, -0.2) is 4.79 Å². The third-order valence-corrected chi connectivity index (χ3v) is 8.80. The van der Waals surface area contributed by atoms with Gasteiger partial charge in [0.2, 0.25) is 0 Å². The predicted octanol–water partition coefficient (Wildman–Crippen LogP) is 5.03. The van der Waals surface area contributed by atoms with Crippen molar-refractivity contribution in [3.63, 3.8) is 0 Å². The molecule has 0 radical (unpaired) electrons. The molecule has 10 nitrogen and oxygen atoms in total. The lowest BCUT2D eigenvalue weighted by Crippen LogP contribution is -2.32. The molecule has 0 spiro atoms. The average molecular weight is 620 g/mol. The Bertz CT molecular complexity index is 1950. The Balaban J connectivity index is 1.62. The number of rotatable bonds is 9. The van der Waals surface area contributed by atoms with Crippen molar-refractivity contribution in [3.8, 4) is 23.0 Å². The van der Waals surface area contributed by atoms with Gasteiger partial charge in [-0.05, 0) is 53.1 Å². The second-order valence-corrected chi connectivity index (χ2v) is 11.2. The minimum Gasteiger partial charge on any atom is -0.497 e. The van der Waals surface area contributed by atoms with E-state index in [1.54, 1.807) is 26.7 Å². The summed E-state index contributed by atoms with van der Waals surface area (Å²) >= 11 is 0. The van der Waals surface area contributed by atoms with Crippen LogP contribution in [-0.4, -0.2) is 57.8 Å². The molecule has 0 saturated carbocycles. The molecule has 3 aromatic heterocycles. The first-order chi connectivity index (χ1) is 22.5. The number of aliphatic hydroxyl groups is 2. The van der Waals surface area contributed by atoms with E-state index in [9.17, 15) is 15.0 Å². The highest BCUT2D eigenvalue weighted by molar-refractivity contribution is 5.91. The molecule has 1 aliphatic rings. The van der Waals surface area contributed by atoms with Gasteiger partial charge in [-0.2, -0.15) is 4.98 Å². The Morgan fingerprint density at radius 2 is 1.54 bits per heavy atom. The Morgan fingerprint density at radius 1 is 0.913 bits per heavy atom. The van der Waals surface area contributed by atoms with E-state index >= 15 is 0 Å². The van der Waals surface area contributed by atoms with Gasteiger partial charge in [-0.15, -0.1) is 0 Å². The number of hydrogen-bond acceptors (Lipinski definition) is 8. The van der Waals surface area contributed by atoms with Crippen LogP contribution >= 0.6 is 0 Å². The summed E-state index contributed by atoms with van der Waals surface area (Å²) in [6.07, 6.45) is 0.905. The van der Waals surface area contributed by atoms with Crippen LogP contribution in [0.1, 0.15) is 34.9 Å². The van der Waals surface area contributed by atoms with Gasteiger partial charge in [0.15, 0.2) is 0 Å². The molecule has 6 aromatic rings. The number of H-pyrrole nitrogens is 1. The zero-order chi connectivity index (χ0) is 31.8. The molecule has 234 valence electrons. The Hall–Kier alpha value is -5.16. The second-order valence-electron chi connectivity index (χ2n) is 11.2. The van der Waals surface area contributed by atoms with E-state index in [1.165, 1.54) is 4.57 Å². The average Bonchev–Trinajstić information content (AvgIpc) is 3.85. The van der Waals surface area contributed by atoms with Crippen molar-refractivity contribution in [1.29, 1.82) is 0 Å². The highest BCUT2D eigenvalue weighted by Crippen LogP contribution is 2.51. The molecule has 0 bridgehead atoms. The maximum Gasteiger partial charge on any atom is 0.351 e. The smallest absolute Gasteiger partial charge is 0.351 e. The predicted molar refractivity (Wildman–Crippen MR) is 171 cm³/mol. The van der Waals surface area contributed by atoms with Crippen LogP contribution in [0, 0.1) is 0 Å². The van der Waals surface area contributed by atoms with E-state index in [2.05, 4.69) is 22.1 Å². The minimum absolute atomic E-state index is 0.129. The first kappa shape index (κ1) is 29.5. The number of furan rings is 1. The van der Waals surface area contributed by atoms with Crippen molar-refractivity contribution >= 4 is 11.0 Å². The summed E-state index contributed by atoms with van der Waals surface area (Å²) in [5.41, 5.74) is 3.03. The topological polar surface area (TPSA) is 132 Å². The van der Waals surface area contributed by atoms with E-state index < -0.39 is 29.5 Å². The lowest BCUT2D eigenvalue weighted by atomic mass is 9.64. The maximum absolute atomic E-state index is 13.5. The van der Waals surface area contributed by atoms with E-state index in [4.69, 9.17) is 18.6 Å². The van der Waals surface area contributed by atoms with Crippen LogP contribution in [0.25, 0.3) is 22.5 Å². The van der Waals surface area contributed by atoms with E-state index in [0.29, 0.717) is 34.0 Å². The fourth-order valence-electron chi connectivity index (χ4n) is 6.62. The molecular weight excluding hydrogens is 586 g/mol. The number of hydrogen-bond donors (Lipinski definition) is 3. The Labute approximate surface area is 264 Å². The van der Waals surface area contributed by atoms with Gasteiger partial charge in [0.05, 0.1) is 44.3 Å². The summed E-state index contributed by atoms with van der Waals surface area (Å²) < 4.78 is 24.4. The molecule has 1 saturated heterocycles. The normalized spacial score (nSPS) is 18.2. The van der Waals surface area contributed by atoms with Gasteiger partial charge in [0, 0.05) is 23.6 Å². The van der Waals surface area contributed by atoms with E-state index in [-0.39, 0.29) is 13.0 Å². The summed E-state index contributed by atoms with van der Waals surface area (Å²) in [6, 6.07) is 29.6. The van der Waals surface area contributed by atoms with Gasteiger partial charge in [0.25, 0.3) is 0 Å². The molecule has 3 N–H and O–H groups in total. The number of aromatic nitrogens is 3. The number of nitrogens with zero attached hydrogens (tertiary/aromatic N) is 2. The highest BCUT2D eigenvalue weighted by atomic mass is 16.5. The minimum atomic E-state index is -0.992. The third-order valence-electron chi connectivity index (χ3n) is 8.80. The lowest BCUT2D eigenvalue weighted by molar-refractivity contribution is -0.0457. The van der Waals surface area contributed by atoms with Gasteiger partial charge in [-0.1, -0.05) is 54.6 Å². The second kappa shape index (κ2) is 12.0. The molecule has 3 aromatic carbocycles. The zero-order valence-corrected chi connectivity index (χ0v) is 25.3.